The van der Waals surface area contributed by atoms with Crippen LogP contribution in [0.4, 0.5) is 0 Å². The third kappa shape index (κ3) is 4.64. The van der Waals surface area contributed by atoms with E-state index < -0.39 is 0 Å². The Kier molecular flexibility index (Phi) is 6.19. The summed E-state index contributed by atoms with van der Waals surface area (Å²) in [6.07, 6.45) is 0.259. The van der Waals surface area contributed by atoms with E-state index in [9.17, 15) is 4.79 Å². The fraction of sp³-hybridized carbons (Fsp3) is 0.200. The first-order valence-corrected chi connectivity index (χ1v) is 9.07. The molecule has 0 aliphatic heterocycles. The van der Waals surface area contributed by atoms with Gasteiger partial charge in [-0.25, -0.2) is 0 Å². The van der Waals surface area contributed by atoms with Gasteiger partial charge in [0.2, 0.25) is 5.91 Å². The lowest BCUT2D eigenvalue weighted by Gasteiger charge is -2.09. The number of carbonyl (C=O) groups is 1. The molecule has 8 heteroatoms. The van der Waals surface area contributed by atoms with Crippen molar-refractivity contribution in [1.29, 1.82) is 5.26 Å². The average molecular weight is 393 g/mol. The van der Waals surface area contributed by atoms with Gasteiger partial charge in [-0.1, -0.05) is 12.1 Å². The fourth-order valence-corrected chi connectivity index (χ4v) is 2.96. The standard InChI is InChI=1S/C20H19N5O2S/c1-27-17-7-5-16(6-8-17)19-23-24-20(28)25(19)10-9-18(26)22-13-15-4-2-3-14(11-15)12-21/h2-8,11H,9-10,13H2,1H3,(H,22,26)(H,24,28). The first kappa shape index (κ1) is 19.3. The molecular formula is C20H19N5O2S. The van der Waals surface area contributed by atoms with E-state index in [2.05, 4.69) is 21.6 Å². The molecule has 0 spiro atoms. The van der Waals surface area contributed by atoms with Crippen LogP contribution in [0.3, 0.4) is 0 Å². The third-order valence-electron chi connectivity index (χ3n) is 4.21. The minimum absolute atomic E-state index is 0.105. The van der Waals surface area contributed by atoms with Gasteiger partial charge in [0.15, 0.2) is 10.6 Å². The first-order valence-electron chi connectivity index (χ1n) is 8.66. The molecular weight excluding hydrogens is 374 g/mol. The highest BCUT2D eigenvalue weighted by Crippen LogP contribution is 2.21. The van der Waals surface area contributed by atoms with Crippen molar-refractivity contribution >= 4 is 18.1 Å². The maximum atomic E-state index is 12.2. The number of rotatable bonds is 7. The summed E-state index contributed by atoms with van der Waals surface area (Å²) in [6.45, 7) is 0.775. The second-order valence-electron chi connectivity index (χ2n) is 6.07. The van der Waals surface area contributed by atoms with Gasteiger partial charge >= 0.3 is 0 Å². The van der Waals surface area contributed by atoms with Crippen LogP contribution >= 0.6 is 12.2 Å². The number of ether oxygens (including phenoxy) is 1. The first-order chi connectivity index (χ1) is 13.6. The molecule has 0 radical (unpaired) electrons. The van der Waals surface area contributed by atoms with Gasteiger partial charge in [-0.3, -0.25) is 14.5 Å². The van der Waals surface area contributed by atoms with Gasteiger partial charge in [-0.2, -0.15) is 10.4 Å². The predicted octanol–water partition coefficient (Wildman–Crippen LogP) is 3.19. The molecule has 0 aliphatic rings. The molecule has 142 valence electrons. The number of nitriles is 1. The van der Waals surface area contributed by atoms with Gasteiger partial charge < -0.3 is 10.1 Å². The molecule has 2 N–H and O–H groups in total. The van der Waals surface area contributed by atoms with E-state index in [1.165, 1.54) is 0 Å². The van der Waals surface area contributed by atoms with E-state index in [1.54, 1.807) is 29.9 Å². The molecule has 7 nitrogen and oxygen atoms in total. The van der Waals surface area contributed by atoms with E-state index in [-0.39, 0.29) is 12.3 Å². The smallest absolute Gasteiger partial charge is 0.222 e. The largest absolute Gasteiger partial charge is 0.497 e. The highest BCUT2D eigenvalue weighted by molar-refractivity contribution is 7.71. The lowest BCUT2D eigenvalue weighted by molar-refractivity contribution is -0.121. The summed E-state index contributed by atoms with van der Waals surface area (Å²) < 4.78 is 7.43. The lowest BCUT2D eigenvalue weighted by atomic mass is 10.1. The maximum Gasteiger partial charge on any atom is 0.222 e. The summed E-state index contributed by atoms with van der Waals surface area (Å²) in [4.78, 5) is 12.2. The van der Waals surface area contributed by atoms with Gasteiger partial charge in [0.05, 0.1) is 18.7 Å². The predicted molar refractivity (Wildman–Crippen MR) is 107 cm³/mol. The van der Waals surface area contributed by atoms with Gasteiger partial charge in [0.1, 0.15) is 5.75 Å². The summed E-state index contributed by atoms with van der Waals surface area (Å²) in [6, 6.07) is 16.7. The number of nitrogens with one attached hydrogen (secondary N) is 2. The minimum atomic E-state index is -0.105. The fourth-order valence-electron chi connectivity index (χ4n) is 2.74. The second kappa shape index (κ2) is 8.97. The van der Waals surface area contributed by atoms with Crippen LogP contribution in [0, 0.1) is 16.1 Å². The normalized spacial score (nSPS) is 10.3. The number of methoxy groups -OCH3 is 1. The zero-order valence-corrected chi connectivity index (χ0v) is 16.1. The topological polar surface area (TPSA) is 95.7 Å². The van der Waals surface area contributed by atoms with Crippen LogP contribution in [-0.2, 0) is 17.9 Å². The number of H-pyrrole nitrogens is 1. The van der Waals surface area contributed by atoms with Crippen LogP contribution in [0.2, 0.25) is 0 Å². The Morgan fingerprint density at radius 1 is 1.32 bits per heavy atom. The molecule has 3 rings (SSSR count). The molecule has 0 saturated carbocycles. The number of hydrogen-bond donors (Lipinski definition) is 2. The minimum Gasteiger partial charge on any atom is -0.497 e. The van der Waals surface area contributed by atoms with Crippen LogP contribution < -0.4 is 10.1 Å². The Bertz CT molecular complexity index is 1060. The summed E-state index contributed by atoms with van der Waals surface area (Å²) >= 11 is 5.30. The zero-order chi connectivity index (χ0) is 19.9. The van der Waals surface area contributed by atoms with Crippen LogP contribution in [0.15, 0.2) is 48.5 Å². The zero-order valence-electron chi connectivity index (χ0n) is 15.3. The maximum absolute atomic E-state index is 12.2. The molecule has 0 bridgehead atoms. The van der Waals surface area contributed by atoms with Crippen LogP contribution in [0.25, 0.3) is 11.4 Å². The number of carbonyl (C=O) groups excluding carboxylic acids is 1. The summed E-state index contributed by atoms with van der Waals surface area (Å²) in [5, 5.41) is 18.9. The molecule has 0 unspecified atom stereocenters. The Morgan fingerprint density at radius 2 is 2.11 bits per heavy atom. The molecule has 2 aromatic carbocycles. The molecule has 0 fully saturated rings. The van der Waals surface area contributed by atoms with Crippen molar-refractivity contribution in [3.05, 3.63) is 64.4 Å². The van der Waals surface area contributed by atoms with Gasteiger partial charge in [-0.05, 0) is 54.2 Å². The highest BCUT2D eigenvalue weighted by atomic mass is 32.1. The van der Waals surface area contributed by atoms with E-state index in [0.717, 1.165) is 16.9 Å². The summed E-state index contributed by atoms with van der Waals surface area (Å²) in [5.41, 5.74) is 2.33. The SMILES string of the molecule is COc1ccc(-c2n[nH]c(=S)n2CCC(=O)NCc2cccc(C#N)c2)cc1. The van der Waals surface area contributed by atoms with E-state index in [0.29, 0.717) is 29.2 Å². The average Bonchev–Trinajstić information content (AvgIpc) is 3.11. The Balaban J connectivity index is 1.62. The van der Waals surface area contributed by atoms with Crippen molar-refractivity contribution in [2.75, 3.05) is 7.11 Å². The van der Waals surface area contributed by atoms with Crippen molar-refractivity contribution in [1.82, 2.24) is 20.1 Å². The Morgan fingerprint density at radius 3 is 2.82 bits per heavy atom. The Labute approximate surface area is 167 Å². The van der Waals surface area contributed by atoms with Crippen molar-refractivity contribution in [2.24, 2.45) is 0 Å². The van der Waals surface area contributed by atoms with Crippen molar-refractivity contribution in [2.45, 2.75) is 19.5 Å². The van der Waals surface area contributed by atoms with Crippen LogP contribution in [0.1, 0.15) is 17.5 Å². The van der Waals surface area contributed by atoms with E-state index in [4.69, 9.17) is 22.2 Å². The quantitative estimate of drug-likeness (QED) is 0.601. The highest BCUT2D eigenvalue weighted by Gasteiger charge is 2.11. The number of aromatic nitrogens is 3. The molecule has 3 aromatic rings. The second-order valence-corrected chi connectivity index (χ2v) is 6.46. The van der Waals surface area contributed by atoms with E-state index in [1.807, 2.05) is 30.3 Å². The third-order valence-corrected chi connectivity index (χ3v) is 4.53. The van der Waals surface area contributed by atoms with Gasteiger partial charge in [-0.15, -0.1) is 0 Å². The number of amides is 1. The number of nitrogens with zero attached hydrogens (tertiary/aromatic N) is 3. The van der Waals surface area contributed by atoms with Gasteiger partial charge in [0, 0.05) is 25.1 Å². The molecule has 0 aliphatic carbocycles. The van der Waals surface area contributed by atoms with Crippen LogP contribution in [0.5, 0.6) is 5.75 Å². The van der Waals surface area contributed by atoms with Crippen molar-refractivity contribution < 1.29 is 9.53 Å². The Hall–Kier alpha value is -3.44. The molecule has 1 heterocycles. The van der Waals surface area contributed by atoms with Gasteiger partial charge in [0.25, 0.3) is 0 Å². The molecule has 28 heavy (non-hydrogen) atoms. The summed E-state index contributed by atoms with van der Waals surface area (Å²) in [7, 11) is 1.61. The lowest BCUT2D eigenvalue weighted by Crippen LogP contribution is -2.24. The van der Waals surface area contributed by atoms with E-state index >= 15 is 0 Å². The number of aromatic amines is 1. The molecule has 1 amide bonds. The van der Waals surface area contributed by atoms with Crippen LogP contribution in [-0.4, -0.2) is 27.8 Å². The molecule has 1 aromatic heterocycles. The number of benzene rings is 2. The molecule has 0 saturated heterocycles. The number of hydrogen-bond acceptors (Lipinski definition) is 5. The van der Waals surface area contributed by atoms with Crippen molar-refractivity contribution in [3.8, 4) is 23.2 Å². The summed E-state index contributed by atoms with van der Waals surface area (Å²) in [5.74, 6) is 1.32. The molecule has 0 atom stereocenters. The van der Waals surface area contributed by atoms with Crippen molar-refractivity contribution in [3.63, 3.8) is 0 Å². The monoisotopic (exact) mass is 393 g/mol.